The molecule has 1 heterocycles. The molecule has 66 valence electrons. The third-order valence-electron chi connectivity index (χ3n) is 2.56. The van der Waals surface area contributed by atoms with Crippen LogP contribution in [0.1, 0.15) is 22.6 Å². The van der Waals surface area contributed by atoms with E-state index in [1.807, 2.05) is 11.3 Å². The average molecular weight is 246 g/mol. The van der Waals surface area contributed by atoms with Gasteiger partial charge in [-0.05, 0) is 48.8 Å². The molecule has 1 nitrogen and oxygen atoms in total. The van der Waals surface area contributed by atoms with Gasteiger partial charge in [-0.15, -0.1) is 11.3 Å². The maximum atomic E-state index is 3.55. The second-order valence-electron chi connectivity index (χ2n) is 3.35. The van der Waals surface area contributed by atoms with Gasteiger partial charge in [0.15, 0.2) is 0 Å². The molecule has 12 heavy (non-hydrogen) atoms. The Morgan fingerprint density at radius 3 is 2.58 bits per heavy atom. The zero-order valence-electron chi connectivity index (χ0n) is 7.28. The highest BCUT2D eigenvalue weighted by Crippen LogP contribution is 2.49. The first kappa shape index (κ1) is 8.73. The standard InChI is InChI=1S/C9H12BrNS/c1-6-7(10)5-8(12-6)9(11-2)3-4-9/h5,11H,3-4H2,1-2H3. The molecule has 1 saturated carbocycles. The van der Waals surface area contributed by atoms with Crippen molar-refractivity contribution in [3.05, 3.63) is 20.3 Å². The number of hydrogen-bond acceptors (Lipinski definition) is 2. The van der Waals surface area contributed by atoms with Crippen LogP contribution in [0.3, 0.4) is 0 Å². The van der Waals surface area contributed by atoms with E-state index in [1.54, 1.807) is 0 Å². The third-order valence-corrected chi connectivity index (χ3v) is 4.90. The smallest absolute Gasteiger partial charge is 0.0528 e. The fourth-order valence-corrected chi connectivity index (χ4v) is 3.23. The normalized spacial score (nSPS) is 19.6. The summed E-state index contributed by atoms with van der Waals surface area (Å²) in [7, 11) is 2.05. The highest BCUT2D eigenvalue weighted by Gasteiger charge is 2.44. The zero-order valence-corrected chi connectivity index (χ0v) is 9.68. The fourth-order valence-electron chi connectivity index (χ4n) is 1.44. The molecule has 0 aromatic carbocycles. The highest BCUT2D eigenvalue weighted by molar-refractivity contribution is 9.10. The van der Waals surface area contributed by atoms with Crippen molar-refractivity contribution >= 4 is 27.3 Å². The number of aryl methyl sites for hydroxylation is 1. The lowest BCUT2D eigenvalue weighted by Crippen LogP contribution is -2.22. The minimum atomic E-state index is 0.335. The molecule has 0 atom stereocenters. The van der Waals surface area contributed by atoms with Gasteiger partial charge in [0.05, 0.1) is 5.54 Å². The van der Waals surface area contributed by atoms with E-state index in [9.17, 15) is 0 Å². The van der Waals surface area contributed by atoms with E-state index in [-0.39, 0.29) is 0 Å². The SMILES string of the molecule is CNC1(c2cc(Br)c(C)s2)CC1. The molecule has 1 aromatic rings. The summed E-state index contributed by atoms with van der Waals surface area (Å²) in [5.74, 6) is 0. The first-order valence-electron chi connectivity index (χ1n) is 4.13. The van der Waals surface area contributed by atoms with Crippen LogP contribution in [0.2, 0.25) is 0 Å². The second kappa shape index (κ2) is 2.82. The van der Waals surface area contributed by atoms with Gasteiger partial charge in [-0.1, -0.05) is 0 Å². The molecule has 0 radical (unpaired) electrons. The van der Waals surface area contributed by atoms with Crippen LogP contribution in [0.5, 0.6) is 0 Å². The monoisotopic (exact) mass is 245 g/mol. The van der Waals surface area contributed by atoms with Crippen molar-refractivity contribution in [3.63, 3.8) is 0 Å². The summed E-state index contributed by atoms with van der Waals surface area (Å²) >= 11 is 5.45. The Balaban J connectivity index is 2.34. The van der Waals surface area contributed by atoms with Crippen LogP contribution in [-0.2, 0) is 5.54 Å². The van der Waals surface area contributed by atoms with Gasteiger partial charge in [-0.25, -0.2) is 0 Å². The number of halogens is 1. The zero-order chi connectivity index (χ0) is 8.77. The summed E-state index contributed by atoms with van der Waals surface area (Å²) in [5.41, 5.74) is 0.335. The van der Waals surface area contributed by atoms with Crippen LogP contribution in [0.25, 0.3) is 0 Å². The van der Waals surface area contributed by atoms with Crippen LogP contribution >= 0.6 is 27.3 Å². The first-order valence-corrected chi connectivity index (χ1v) is 5.74. The Hall–Kier alpha value is 0.140. The number of thiophene rings is 1. The largest absolute Gasteiger partial charge is 0.310 e. The average Bonchev–Trinajstić information content (AvgIpc) is 2.77. The highest BCUT2D eigenvalue weighted by atomic mass is 79.9. The van der Waals surface area contributed by atoms with E-state index < -0.39 is 0 Å². The van der Waals surface area contributed by atoms with Crippen LogP contribution < -0.4 is 5.32 Å². The molecule has 0 bridgehead atoms. The quantitative estimate of drug-likeness (QED) is 0.845. The molecule has 3 heteroatoms. The van der Waals surface area contributed by atoms with E-state index in [0.717, 1.165) is 0 Å². The molecule has 0 unspecified atom stereocenters. The molecular weight excluding hydrogens is 234 g/mol. The summed E-state index contributed by atoms with van der Waals surface area (Å²) < 4.78 is 1.25. The second-order valence-corrected chi connectivity index (χ2v) is 5.46. The van der Waals surface area contributed by atoms with Gasteiger partial charge in [-0.2, -0.15) is 0 Å². The Bertz CT molecular complexity index is 282. The summed E-state index contributed by atoms with van der Waals surface area (Å²) in [6.07, 6.45) is 2.58. The van der Waals surface area contributed by atoms with Gasteiger partial charge < -0.3 is 5.32 Å². The van der Waals surface area contributed by atoms with Crippen molar-refractivity contribution in [3.8, 4) is 0 Å². The van der Waals surface area contributed by atoms with Crippen LogP contribution in [0.15, 0.2) is 10.5 Å². The molecule has 0 amide bonds. The van der Waals surface area contributed by atoms with Crippen molar-refractivity contribution in [1.29, 1.82) is 0 Å². The predicted molar refractivity (Wildman–Crippen MR) is 56.7 cm³/mol. The number of rotatable bonds is 2. The van der Waals surface area contributed by atoms with Gasteiger partial charge in [-0.3, -0.25) is 0 Å². The maximum Gasteiger partial charge on any atom is 0.0528 e. The van der Waals surface area contributed by atoms with Crippen LogP contribution in [0.4, 0.5) is 0 Å². The number of hydrogen-bond donors (Lipinski definition) is 1. The first-order chi connectivity index (χ1) is 5.68. The lowest BCUT2D eigenvalue weighted by molar-refractivity contribution is 0.597. The van der Waals surface area contributed by atoms with Crippen LogP contribution in [-0.4, -0.2) is 7.05 Å². The van der Waals surface area contributed by atoms with Crippen LogP contribution in [0, 0.1) is 6.92 Å². The van der Waals surface area contributed by atoms with E-state index in [2.05, 4.69) is 41.3 Å². The Kier molecular flexibility index (Phi) is 2.05. The molecule has 2 rings (SSSR count). The minimum Gasteiger partial charge on any atom is -0.310 e. The Morgan fingerprint density at radius 2 is 2.25 bits per heavy atom. The summed E-state index contributed by atoms with van der Waals surface area (Å²) in [6.45, 7) is 2.16. The molecule has 0 spiro atoms. The lowest BCUT2D eigenvalue weighted by Gasteiger charge is -2.10. The topological polar surface area (TPSA) is 12.0 Å². The van der Waals surface area contributed by atoms with E-state index in [0.29, 0.717) is 5.54 Å². The maximum absolute atomic E-state index is 3.55. The predicted octanol–water partition coefficient (Wildman–Crippen LogP) is 3.03. The molecule has 0 saturated heterocycles. The van der Waals surface area contributed by atoms with Gasteiger partial charge in [0.25, 0.3) is 0 Å². The third kappa shape index (κ3) is 1.24. The lowest BCUT2D eigenvalue weighted by atomic mass is 10.2. The van der Waals surface area contributed by atoms with E-state index >= 15 is 0 Å². The van der Waals surface area contributed by atoms with Gasteiger partial charge in [0, 0.05) is 14.2 Å². The van der Waals surface area contributed by atoms with Gasteiger partial charge in [0.1, 0.15) is 0 Å². The summed E-state index contributed by atoms with van der Waals surface area (Å²) in [4.78, 5) is 2.86. The Morgan fingerprint density at radius 1 is 1.58 bits per heavy atom. The molecular formula is C9H12BrNS. The fraction of sp³-hybridized carbons (Fsp3) is 0.556. The van der Waals surface area contributed by atoms with Crippen molar-refractivity contribution in [2.75, 3.05) is 7.05 Å². The van der Waals surface area contributed by atoms with Gasteiger partial charge >= 0.3 is 0 Å². The van der Waals surface area contributed by atoms with E-state index in [4.69, 9.17) is 0 Å². The Labute approximate surface area is 85.3 Å². The van der Waals surface area contributed by atoms with Gasteiger partial charge in [0.2, 0.25) is 0 Å². The molecule has 1 aliphatic rings. The number of nitrogens with one attached hydrogen (secondary N) is 1. The molecule has 1 aromatic heterocycles. The summed E-state index contributed by atoms with van der Waals surface area (Å²) in [6, 6.07) is 2.25. The van der Waals surface area contributed by atoms with Crippen molar-refractivity contribution in [1.82, 2.24) is 5.32 Å². The molecule has 1 fully saturated rings. The minimum absolute atomic E-state index is 0.335. The molecule has 1 N–H and O–H groups in total. The van der Waals surface area contributed by atoms with Crippen molar-refractivity contribution < 1.29 is 0 Å². The van der Waals surface area contributed by atoms with Crippen molar-refractivity contribution in [2.45, 2.75) is 25.3 Å². The molecule has 1 aliphatic carbocycles. The van der Waals surface area contributed by atoms with E-state index in [1.165, 1.54) is 27.1 Å². The molecule has 0 aliphatic heterocycles. The van der Waals surface area contributed by atoms with Crippen molar-refractivity contribution in [2.24, 2.45) is 0 Å². The summed E-state index contributed by atoms with van der Waals surface area (Å²) in [5, 5.41) is 3.40.